The van der Waals surface area contributed by atoms with E-state index in [0.717, 1.165) is 24.4 Å². The first-order chi connectivity index (χ1) is 10.7. The second-order valence-corrected chi connectivity index (χ2v) is 5.91. The summed E-state index contributed by atoms with van der Waals surface area (Å²) in [6.07, 6.45) is 7.86. The zero-order valence-electron chi connectivity index (χ0n) is 14.6. The molecule has 0 amide bonds. The smallest absolute Gasteiger partial charge is 0.165 e. The number of ether oxygens (including phenoxy) is 2. The third kappa shape index (κ3) is 8.69. The Kier molecular flexibility index (Phi) is 13.4. The maximum Gasteiger partial charge on any atom is 0.165 e. The number of nitrogens with one attached hydrogen (secondary N) is 1. The van der Waals surface area contributed by atoms with Gasteiger partial charge in [0.15, 0.2) is 11.5 Å². The van der Waals surface area contributed by atoms with E-state index in [4.69, 9.17) is 21.1 Å². The first-order valence-electron chi connectivity index (χ1n) is 8.42. The largest absolute Gasteiger partial charge is 0.493 e. The van der Waals surface area contributed by atoms with Crippen molar-refractivity contribution in [2.45, 2.75) is 58.9 Å². The maximum absolute atomic E-state index is 6.15. The molecule has 1 aromatic carbocycles. The van der Waals surface area contributed by atoms with Crippen LogP contribution in [0.2, 0.25) is 5.02 Å². The number of halogens is 2. The molecule has 1 N–H and O–H groups in total. The van der Waals surface area contributed by atoms with Crippen molar-refractivity contribution in [3.8, 4) is 11.5 Å². The van der Waals surface area contributed by atoms with Crippen LogP contribution in [-0.2, 0) is 6.54 Å². The molecule has 0 bridgehead atoms. The lowest BCUT2D eigenvalue weighted by molar-refractivity contribution is 0.306. The topological polar surface area (TPSA) is 30.5 Å². The van der Waals surface area contributed by atoms with Crippen LogP contribution in [-0.4, -0.2) is 20.3 Å². The van der Waals surface area contributed by atoms with E-state index in [1.165, 1.54) is 38.5 Å². The van der Waals surface area contributed by atoms with Crippen molar-refractivity contribution >= 4 is 24.0 Å². The Morgan fingerprint density at radius 2 is 1.74 bits per heavy atom. The molecule has 0 aliphatic heterocycles. The van der Waals surface area contributed by atoms with E-state index in [9.17, 15) is 0 Å². The molecule has 0 atom stereocenters. The molecule has 0 saturated heterocycles. The standard InChI is InChI=1S/C18H30ClNO2.ClH/c1-4-6-7-8-9-10-11-20-14-15-12-16(19)13-17(21-3)18(15)22-5-2;/h12-13,20H,4-11,14H2,1-3H3;1H. The monoisotopic (exact) mass is 363 g/mol. The lowest BCUT2D eigenvalue weighted by Crippen LogP contribution is -2.15. The van der Waals surface area contributed by atoms with Gasteiger partial charge in [-0.3, -0.25) is 0 Å². The van der Waals surface area contributed by atoms with Crippen molar-refractivity contribution in [1.29, 1.82) is 0 Å². The molecular weight excluding hydrogens is 333 g/mol. The highest BCUT2D eigenvalue weighted by Crippen LogP contribution is 2.34. The molecule has 0 aliphatic carbocycles. The zero-order chi connectivity index (χ0) is 16.2. The number of hydrogen-bond acceptors (Lipinski definition) is 3. The SMILES string of the molecule is CCCCCCCCNCc1cc(Cl)cc(OC)c1OCC.Cl. The van der Waals surface area contributed by atoms with Gasteiger partial charge in [0.05, 0.1) is 13.7 Å². The summed E-state index contributed by atoms with van der Waals surface area (Å²) in [4.78, 5) is 0. The van der Waals surface area contributed by atoms with Crippen molar-refractivity contribution < 1.29 is 9.47 Å². The summed E-state index contributed by atoms with van der Waals surface area (Å²) in [5, 5.41) is 4.15. The summed E-state index contributed by atoms with van der Waals surface area (Å²) in [6.45, 7) is 6.61. The summed E-state index contributed by atoms with van der Waals surface area (Å²) < 4.78 is 11.1. The Morgan fingerprint density at radius 3 is 2.39 bits per heavy atom. The highest BCUT2D eigenvalue weighted by molar-refractivity contribution is 6.30. The van der Waals surface area contributed by atoms with Gasteiger partial charge in [-0.25, -0.2) is 0 Å². The van der Waals surface area contributed by atoms with Gasteiger partial charge in [0.25, 0.3) is 0 Å². The minimum absolute atomic E-state index is 0. The van der Waals surface area contributed by atoms with Crippen LogP contribution in [0.15, 0.2) is 12.1 Å². The number of hydrogen-bond donors (Lipinski definition) is 1. The molecule has 0 spiro atoms. The molecule has 134 valence electrons. The van der Waals surface area contributed by atoms with Crippen LogP contribution in [0, 0.1) is 0 Å². The normalized spacial score (nSPS) is 10.3. The summed E-state index contributed by atoms with van der Waals surface area (Å²) >= 11 is 6.15. The van der Waals surface area contributed by atoms with Gasteiger partial charge in [-0.05, 0) is 26.0 Å². The van der Waals surface area contributed by atoms with E-state index in [2.05, 4.69) is 12.2 Å². The Labute approximate surface area is 152 Å². The van der Waals surface area contributed by atoms with Crippen LogP contribution < -0.4 is 14.8 Å². The van der Waals surface area contributed by atoms with Gasteiger partial charge < -0.3 is 14.8 Å². The second kappa shape index (κ2) is 13.8. The van der Waals surface area contributed by atoms with Gasteiger partial charge in [-0.15, -0.1) is 12.4 Å². The van der Waals surface area contributed by atoms with E-state index < -0.39 is 0 Å². The summed E-state index contributed by atoms with van der Waals surface area (Å²) in [5.41, 5.74) is 1.05. The molecule has 5 heteroatoms. The van der Waals surface area contributed by atoms with E-state index in [0.29, 0.717) is 17.4 Å². The zero-order valence-corrected chi connectivity index (χ0v) is 16.2. The van der Waals surface area contributed by atoms with Crippen molar-refractivity contribution in [1.82, 2.24) is 5.32 Å². The van der Waals surface area contributed by atoms with Crippen LogP contribution in [0.3, 0.4) is 0 Å². The van der Waals surface area contributed by atoms with Crippen LogP contribution >= 0.6 is 24.0 Å². The average Bonchev–Trinajstić information content (AvgIpc) is 2.52. The minimum atomic E-state index is 0. The van der Waals surface area contributed by atoms with E-state index in [-0.39, 0.29) is 12.4 Å². The Hall–Kier alpha value is -0.640. The van der Waals surface area contributed by atoms with Crippen molar-refractivity contribution in [3.63, 3.8) is 0 Å². The summed E-state index contributed by atoms with van der Waals surface area (Å²) in [7, 11) is 1.64. The van der Waals surface area contributed by atoms with Crippen LogP contribution in [0.1, 0.15) is 57.9 Å². The molecular formula is C18H31Cl2NO2. The Bertz CT molecular complexity index is 428. The van der Waals surface area contributed by atoms with Crippen molar-refractivity contribution in [3.05, 3.63) is 22.7 Å². The third-order valence-corrected chi connectivity index (χ3v) is 3.85. The number of rotatable bonds is 12. The quantitative estimate of drug-likeness (QED) is 0.488. The van der Waals surface area contributed by atoms with Gasteiger partial charge in [0, 0.05) is 23.2 Å². The molecule has 23 heavy (non-hydrogen) atoms. The second-order valence-electron chi connectivity index (χ2n) is 5.47. The summed E-state index contributed by atoms with van der Waals surface area (Å²) in [5.74, 6) is 1.50. The predicted molar refractivity (Wildman–Crippen MR) is 102 cm³/mol. The molecule has 0 unspecified atom stereocenters. The fourth-order valence-corrected chi connectivity index (χ4v) is 2.70. The lowest BCUT2D eigenvalue weighted by atomic mass is 10.1. The van der Waals surface area contributed by atoms with Gasteiger partial charge in [-0.1, -0.05) is 50.6 Å². The molecule has 0 aliphatic rings. The average molecular weight is 364 g/mol. The fraction of sp³-hybridized carbons (Fsp3) is 0.667. The molecule has 1 rings (SSSR count). The predicted octanol–water partition coefficient (Wildman–Crippen LogP) is 5.62. The lowest BCUT2D eigenvalue weighted by Gasteiger charge is -2.15. The van der Waals surface area contributed by atoms with Crippen molar-refractivity contribution in [2.24, 2.45) is 0 Å². The van der Waals surface area contributed by atoms with Crippen LogP contribution in [0.25, 0.3) is 0 Å². The Balaban J connectivity index is 0.00000484. The summed E-state index contributed by atoms with van der Waals surface area (Å²) in [6, 6.07) is 3.74. The third-order valence-electron chi connectivity index (χ3n) is 3.63. The number of methoxy groups -OCH3 is 1. The van der Waals surface area contributed by atoms with Gasteiger partial charge in [-0.2, -0.15) is 0 Å². The van der Waals surface area contributed by atoms with E-state index >= 15 is 0 Å². The first-order valence-corrected chi connectivity index (χ1v) is 8.80. The minimum Gasteiger partial charge on any atom is -0.493 e. The number of unbranched alkanes of at least 4 members (excludes halogenated alkanes) is 5. The van der Waals surface area contributed by atoms with Gasteiger partial charge in [0.2, 0.25) is 0 Å². The number of benzene rings is 1. The fourth-order valence-electron chi connectivity index (χ4n) is 2.47. The molecule has 0 radical (unpaired) electrons. The molecule has 3 nitrogen and oxygen atoms in total. The molecule has 0 heterocycles. The van der Waals surface area contributed by atoms with Gasteiger partial charge in [0.1, 0.15) is 0 Å². The van der Waals surface area contributed by atoms with Gasteiger partial charge >= 0.3 is 0 Å². The maximum atomic E-state index is 6.15. The van der Waals surface area contributed by atoms with E-state index in [1.807, 2.05) is 13.0 Å². The molecule has 1 aromatic rings. The van der Waals surface area contributed by atoms with E-state index in [1.54, 1.807) is 13.2 Å². The molecule has 0 saturated carbocycles. The van der Waals surface area contributed by atoms with Crippen LogP contribution in [0.5, 0.6) is 11.5 Å². The highest BCUT2D eigenvalue weighted by atomic mass is 35.5. The molecule has 0 fully saturated rings. The van der Waals surface area contributed by atoms with Crippen molar-refractivity contribution in [2.75, 3.05) is 20.3 Å². The first kappa shape index (κ1) is 22.4. The Morgan fingerprint density at radius 1 is 1.04 bits per heavy atom. The molecule has 0 aromatic heterocycles. The van der Waals surface area contributed by atoms with Crippen LogP contribution in [0.4, 0.5) is 0 Å². The highest BCUT2D eigenvalue weighted by Gasteiger charge is 2.12.